The number of carbonyl (C=O) groups excluding carboxylic acids is 2. The molecular weight excluding hydrogens is 337 g/mol. The summed E-state index contributed by atoms with van der Waals surface area (Å²) in [4.78, 5) is 23.9. The molecule has 136 valence electrons. The molecule has 0 unspecified atom stereocenters. The van der Waals surface area contributed by atoms with Crippen LogP contribution in [0.1, 0.15) is 24.5 Å². The van der Waals surface area contributed by atoms with Crippen LogP contribution in [0.2, 0.25) is 0 Å². The van der Waals surface area contributed by atoms with E-state index in [1.807, 2.05) is 18.2 Å². The number of rotatable bonds is 6. The number of fused-ring (bicyclic) bond motifs is 1. The van der Waals surface area contributed by atoms with Crippen molar-refractivity contribution in [1.82, 2.24) is 0 Å². The van der Waals surface area contributed by atoms with Gasteiger partial charge in [-0.25, -0.2) is 9.18 Å². The van der Waals surface area contributed by atoms with E-state index in [0.717, 1.165) is 19.3 Å². The molecular formula is C20H20FNO4. The molecule has 3 rings (SSSR count). The van der Waals surface area contributed by atoms with Crippen molar-refractivity contribution in [2.45, 2.75) is 32.3 Å². The first-order valence-corrected chi connectivity index (χ1v) is 8.52. The third kappa shape index (κ3) is 4.59. The normalized spacial score (nSPS) is 13.6. The van der Waals surface area contributed by atoms with Crippen LogP contribution in [0.5, 0.6) is 5.75 Å². The van der Waals surface area contributed by atoms with Crippen molar-refractivity contribution in [2.24, 2.45) is 0 Å². The van der Waals surface area contributed by atoms with Crippen LogP contribution in [0.25, 0.3) is 0 Å². The van der Waals surface area contributed by atoms with Crippen molar-refractivity contribution >= 4 is 17.6 Å². The van der Waals surface area contributed by atoms with Crippen LogP contribution in [0.4, 0.5) is 10.1 Å². The Balaban J connectivity index is 1.46. The number of hydrogen-bond acceptors (Lipinski definition) is 4. The Hall–Kier alpha value is -2.89. The molecule has 0 aromatic heterocycles. The zero-order valence-electron chi connectivity index (χ0n) is 14.5. The van der Waals surface area contributed by atoms with E-state index in [0.29, 0.717) is 11.4 Å². The Morgan fingerprint density at radius 2 is 1.85 bits per heavy atom. The third-order valence-electron chi connectivity index (χ3n) is 4.19. The Kier molecular flexibility index (Phi) is 5.51. The van der Waals surface area contributed by atoms with Gasteiger partial charge in [0.05, 0.1) is 0 Å². The first kappa shape index (κ1) is 17.9. The van der Waals surface area contributed by atoms with E-state index in [1.165, 1.54) is 42.3 Å². The number of nitrogens with one attached hydrogen (secondary N) is 1. The van der Waals surface area contributed by atoms with Gasteiger partial charge in [0.25, 0.3) is 5.91 Å². The number of carbonyl (C=O) groups is 2. The lowest BCUT2D eigenvalue weighted by Gasteiger charge is -2.14. The highest BCUT2D eigenvalue weighted by molar-refractivity contribution is 5.93. The van der Waals surface area contributed by atoms with Crippen LogP contribution in [0, 0.1) is 5.82 Å². The highest BCUT2D eigenvalue weighted by atomic mass is 19.1. The van der Waals surface area contributed by atoms with Crippen LogP contribution in [0.15, 0.2) is 42.5 Å². The van der Waals surface area contributed by atoms with E-state index in [1.54, 1.807) is 0 Å². The predicted octanol–water partition coefficient (Wildman–Crippen LogP) is 3.26. The number of aryl methyl sites for hydroxylation is 2. The van der Waals surface area contributed by atoms with Crippen LogP contribution in [0.3, 0.4) is 0 Å². The minimum absolute atomic E-state index is 0.346. The maximum atomic E-state index is 12.9. The third-order valence-corrected chi connectivity index (χ3v) is 4.19. The molecule has 0 saturated carbocycles. The largest absolute Gasteiger partial charge is 0.479 e. The lowest BCUT2D eigenvalue weighted by Crippen LogP contribution is -2.29. The summed E-state index contributed by atoms with van der Waals surface area (Å²) < 4.78 is 23.2. The lowest BCUT2D eigenvalue weighted by atomic mass is 10.1. The summed E-state index contributed by atoms with van der Waals surface area (Å²) >= 11 is 0. The molecule has 1 N–H and O–H groups in total. The minimum Gasteiger partial charge on any atom is -0.479 e. The van der Waals surface area contributed by atoms with Gasteiger partial charge in [0.15, 0.2) is 12.7 Å². The molecule has 1 aliphatic carbocycles. The van der Waals surface area contributed by atoms with Crippen molar-refractivity contribution < 1.29 is 23.5 Å². The van der Waals surface area contributed by atoms with Gasteiger partial charge < -0.3 is 14.8 Å². The van der Waals surface area contributed by atoms with Gasteiger partial charge in [0.1, 0.15) is 11.6 Å². The van der Waals surface area contributed by atoms with Crippen LogP contribution in [-0.2, 0) is 27.2 Å². The number of halogens is 1. The molecule has 0 aliphatic heterocycles. The van der Waals surface area contributed by atoms with Crippen LogP contribution >= 0.6 is 0 Å². The summed E-state index contributed by atoms with van der Waals surface area (Å²) in [6, 6.07) is 11.1. The first-order valence-electron chi connectivity index (χ1n) is 8.52. The second kappa shape index (κ2) is 7.99. The number of esters is 1. The zero-order valence-corrected chi connectivity index (χ0v) is 14.5. The maximum absolute atomic E-state index is 12.9. The predicted molar refractivity (Wildman–Crippen MR) is 94.5 cm³/mol. The van der Waals surface area contributed by atoms with E-state index in [-0.39, 0.29) is 0 Å². The molecule has 0 spiro atoms. The number of amides is 1. The molecule has 2 aromatic rings. The van der Waals surface area contributed by atoms with Crippen molar-refractivity contribution in [3.05, 3.63) is 59.4 Å². The Bertz CT molecular complexity index is 804. The molecule has 1 amide bonds. The van der Waals surface area contributed by atoms with Gasteiger partial charge in [-0.15, -0.1) is 0 Å². The number of hydrogen-bond donors (Lipinski definition) is 1. The standard InChI is InChI=1S/C20H20FNO4/c1-13(26-18-9-6-16(21)7-10-18)20(24)25-12-19(23)22-17-8-5-14-3-2-4-15(14)11-17/h5-11,13H,2-4,12H2,1H3,(H,22,23)/t13-/m0/s1. The molecule has 26 heavy (non-hydrogen) atoms. The van der Waals surface area contributed by atoms with Crippen molar-refractivity contribution in [3.8, 4) is 5.75 Å². The topological polar surface area (TPSA) is 64.6 Å². The van der Waals surface area contributed by atoms with E-state index < -0.39 is 30.4 Å². The van der Waals surface area contributed by atoms with Gasteiger partial charge in [-0.2, -0.15) is 0 Å². The van der Waals surface area contributed by atoms with E-state index in [9.17, 15) is 14.0 Å². The smallest absolute Gasteiger partial charge is 0.347 e. The van der Waals surface area contributed by atoms with Gasteiger partial charge in [0.2, 0.25) is 0 Å². The van der Waals surface area contributed by atoms with Gasteiger partial charge in [0, 0.05) is 5.69 Å². The number of benzene rings is 2. The van der Waals surface area contributed by atoms with Crippen molar-refractivity contribution in [1.29, 1.82) is 0 Å². The fraction of sp³-hybridized carbons (Fsp3) is 0.300. The summed E-state index contributed by atoms with van der Waals surface area (Å²) in [5.41, 5.74) is 3.27. The fourth-order valence-corrected chi connectivity index (χ4v) is 2.87. The summed E-state index contributed by atoms with van der Waals surface area (Å²) in [7, 11) is 0. The molecule has 2 aromatic carbocycles. The van der Waals surface area contributed by atoms with Gasteiger partial charge in [-0.3, -0.25) is 4.79 Å². The molecule has 5 nitrogen and oxygen atoms in total. The van der Waals surface area contributed by atoms with Crippen LogP contribution < -0.4 is 10.1 Å². The van der Waals surface area contributed by atoms with E-state index in [2.05, 4.69) is 5.32 Å². The second-order valence-corrected chi connectivity index (χ2v) is 6.21. The SMILES string of the molecule is C[C@H](Oc1ccc(F)cc1)C(=O)OCC(=O)Nc1ccc2c(c1)CCC2. The summed E-state index contributed by atoms with van der Waals surface area (Å²) in [5.74, 6) is -1.13. The summed E-state index contributed by atoms with van der Waals surface area (Å²) in [5, 5.41) is 2.72. The Morgan fingerprint density at radius 1 is 1.12 bits per heavy atom. The second-order valence-electron chi connectivity index (χ2n) is 6.21. The Morgan fingerprint density at radius 3 is 2.62 bits per heavy atom. The Labute approximate surface area is 151 Å². The minimum atomic E-state index is -0.909. The summed E-state index contributed by atoms with van der Waals surface area (Å²) in [6.45, 7) is 1.11. The highest BCUT2D eigenvalue weighted by Crippen LogP contribution is 2.24. The molecule has 0 bridgehead atoms. The first-order chi connectivity index (χ1) is 12.5. The number of ether oxygens (including phenoxy) is 2. The molecule has 6 heteroatoms. The van der Waals surface area contributed by atoms with Crippen molar-refractivity contribution in [3.63, 3.8) is 0 Å². The molecule has 1 aliphatic rings. The molecule has 0 saturated heterocycles. The highest BCUT2D eigenvalue weighted by Gasteiger charge is 2.18. The van der Waals surface area contributed by atoms with E-state index >= 15 is 0 Å². The molecule has 0 radical (unpaired) electrons. The average Bonchev–Trinajstić information content (AvgIpc) is 3.09. The molecule has 0 fully saturated rings. The van der Waals surface area contributed by atoms with Crippen LogP contribution in [-0.4, -0.2) is 24.6 Å². The lowest BCUT2D eigenvalue weighted by molar-refractivity contribution is -0.153. The van der Waals surface area contributed by atoms with Gasteiger partial charge >= 0.3 is 5.97 Å². The van der Waals surface area contributed by atoms with Gasteiger partial charge in [-0.1, -0.05) is 6.07 Å². The zero-order chi connectivity index (χ0) is 18.5. The molecule has 1 atom stereocenters. The number of anilines is 1. The average molecular weight is 357 g/mol. The van der Waals surface area contributed by atoms with E-state index in [4.69, 9.17) is 9.47 Å². The monoisotopic (exact) mass is 357 g/mol. The van der Waals surface area contributed by atoms with Gasteiger partial charge in [-0.05, 0) is 73.7 Å². The maximum Gasteiger partial charge on any atom is 0.347 e. The summed E-state index contributed by atoms with van der Waals surface area (Å²) in [6.07, 6.45) is 2.32. The molecule has 0 heterocycles. The fourth-order valence-electron chi connectivity index (χ4n) is 2.87. The quantitative estimate of drug-likeness (QED) is 0.806. The van der Waals surface area contributed by atoms with Crippen molar-refractivity contribution in [2.75, 3.05) is 11.9 Å².